The van der Waals surface area contributed by atoms with E-state index < -0.39 is 0 Å². The lowest BCUT2D eigenvalue weighted by molar-refractivity contribution is 0.583. The van der Waals surface area contributed by atoms with Crippen LogP contribution in [0.3, 0.4) is 0 Å². The number of nitrogens with one attached hydrogen (secondary N) is 1. The van der Waals surface area contributed by atoms with Gasteiger partial charge < -0.3 is 10.2 Å². The van der Waals surface area contributed by atoms with Crippen LogP contribution in [0.5, 0.6) is 0 Å². The van der Waals surface area contributed by atoms with Gasteiger partial charge >= 0.3 is 0 Å². The van der Waals surface area contributed by atoms with Crippen LogP contribution in [-0.4, -0.2) is 36.1 Å². The molecule has 17 heavy (non-hydrogen) atoms. The Bertz CT molecular complexity index is 383. The number of anilines is 1. The standard InChI is InChI=1S/C13H20N4/c1-3-4-5-12-10-13(16-11(2)15-12)17-8-6-14-7-9-17/h3,10,14H,1,4-9H2,2H3. The van der Waals surface area contributed by atoms with Gasteiger partial charge in [0.15, 0.2) is 0 Å². The fourth-order valence-electron chi connectivity index (χ4n) is 2.05. The lowest BCUT2D eigenvalue weighted by atomic mass is 10.2. The summed E-state index contributed by atoms with van der Waals surface area (Å²) in [5.41, 5.74) is 1.12. The number of hydrogen-bond acceptors (Lipinski definition) is 4. The molecule has 1 aromatic rings. The van der Waals surface area contributed by atoms with E-state index in [1.54, 1.807) is 0 Å². The molecule has 0 bridgehead atoms. The quantitative estimate of drug-likeness (QED) is 0.795. The van der Waals surface area contributed by atoms with E-state index in [1.165, 1.54) is 0 Å². The van der Waals surface area contributed by atoms with Crippen molar-refractivity contribution in [1.29, 1.82) is 0 Å². The van der Waals surface area contributed by atoms with Crippen LogP contribution < -0.4 is 10.2 Å². The molecule has 0 spiro atoms. The van der Waals surface area contributed by atoms with Gasteiger partial charge in [0.1, 0.15) is 11.6 Å². The van der Waals surface area contributed by atoms with Crippen molar-refractivity contribution >= 4 is 5.82 Å². The van der Waals surface area contributed by atoms with Crippen LogP contribution in [0.4, 0.5) is 5.82 Å². The van der Waals surface area contributed by atoms with Gasteiger partial charge in [0, 0.05) is 37.9 Å². The second-order valence-electron chi connectivity index (χ2n) is 4.33. The van der Waals surface area contributed by atoms with Crippen molar-refractivity contribution in [3.63, 3.8) is 0 Å². The molecule has 1 fully saturated rings. The lowest BCUT2D eigenvalue weighted by Crippen LogP contribution is -2.44. The molecule has 92 valence electrons. The molecule has 1 aromatic heterocycles. The Labute approximate surface area is 103 Å². The minimum Gasteiger partial charge on any atom is -0.354 e. The van der Waals surface area contributed by atoms with Crippen molar-refractivity contribution in [2.45, 2.75) is 19.8 Å². The van der Waals surface area contributed by atoms with Crippen molar-refractivity contribution in [3.8, 4) is 0 Å². The van der Waals surface area contributed by atoms with Gasteiger partial charge in [0.2, 0.25) is 0 Å². The fourth-order valence-corrected chi connectivity index (χ4v) is 2.05. The highest BCUT2D eigenvalue weighted by Crippen LogP contribution is 2.14. The zero-order chi connectivity index (χ0) is 12.1. The van der Waals surface area contributed by atoms with Crippen LogP contribution in [0.25, 0.3) is 0 Å². The van der Waals surface area contributed by atoms with Gasteiger partial charge in [-0.15, -0.1) is 6.58 Å². The topological polar surface area (TPSA) is 41.0 Å². The highest BCUT2D eigenvalue weighted by molar-refractivity contribution is 5.40. The average Bonchev–Trinajstić information content (AvgIpc) is 2.37. The summed E-state index contributed by atoms with van der Waals surface area (Å²) in [7, 11) is 0. The molecule has 0 atom stereocenters. The maximum Gasteiger partial charge on any atom is 0.132 e. The largest absolute Gasteiger partial charge is 0.354 e. The van der Waals surface area contributed by atoms with E-state index in [1.807, 2.05) is 13.0 Å². The molecule has 4 heteroatoms. The number of allylic oxidation sites excluding steroid dienone is 1. The summed E-state index contributed by atoms with van der Waals surface area (Å²) in [5.74, 6) is 1.93. The van der Waals surface area contributed by atoms with Gasteiger partial charge in [0.05, 0.1) is 0 Å². The molecular formula is C13H20N4. The minimum absolute atomic E-state index is 0.861. The number of piperazine rings is 1. The SMILES string of the molecule is C=CCCc1cc(N2CCNCC2)nc(C)n1. The predicted molar refractivity (Wildman–Crippen MR) is 70.4 cm³/mol. The summed E-state index contributed by atoms with van der Waals surface area (Å²) in [6, 6.07) is 2.11. The molecule has 0 aliphatic carbocycles. The zero-order valence-corrected chi connectivity index (χ0v) is 10.4. The molecule has 0 amide bonds. The van der Waals surface area contributed by atoms with Gasteiger partial charge in [0.25, 0.3) is 0 Å². The summed E-state index contributed by atoms with van der Waals surface area (Å²) < 4.78 is 0. The summed E-state index contributed by atoms with van der Waals surface area (Å²) in [5, 5.41) is 3.35. The molecule has 4 nitrogen and oxygen atoms in total. The van der Waals surface area contributed by atoms with E-state index in [2.05, 4.69) is 32.8 Å². The van der Waals surface area contributed by atoms with Crippen molar-refractivity contribution in [2.75, 3.05) is 31.1 Å². The predicted octanol–water partition coefficient (Wildman–Crippen LogP) is 1.31. The average molecular weight is 232 g/mol. The molecule has 2 rings (SSSR count). The Kier molecular flexibility index (Phi) is 4.09. The second-order valence-corrected chi connectivity index (χ2v) is 4.33. The minimum atomic E-state index is 0.861. The highest BCUT2D eigenvalue weighted by Gasteiger charge is 2.13. The maximum atomic E-state index is 4.53. The molecule has 0 unspecified atom stereocenters. The number of rotatable bonds is 4. The van der Waals surface area contributed by atoms with Crippen LogP contribution in [0.15, 0.2) is 18.7 Å². The molecule has 1 aliphatic rings. The van der Waals surface area contributed by atoms with Gasteiger partial charge in [-0.25, -0.2) is 9.97 Å². The molecule has 0 saturated carbocycles. The van der Waals surface area contributed by atoms with E-state index in [-0.39, 0.29) is 0 Å². The molecule has 1 saturated heterocycles. The number of nitrogens with zero attached hydrogens (tertiary/aromatic N) is 3. The van der Waals surface area contributed by atoms with E-state index in [4.69, 9.17) is 0 Å². The molecule has 0 aromatic carbocycles. The fraction of sp³-hybridized carbons (Fsp3) is 0.538. The Morgan fingerprint density at radius 2 is 2.18 bits per heavy atom. The van der Waals surface area contributed by atoms with Crippen molar-refractivity contribution in [1.82, 2.24) is 15.3 Å². The van der Waals surface area contributed by atoms with Crippen LogP contribution in [0.1, 0.15) is 17.9 Å². The molecule has 2 heterocycles. The van der Waals surface area contributed by atoms with Gasteiger partial charge in [-0.3, -0.25) is 0 Å². The van der Waals surface area contributed by atoms with Crippen molar-refractivity contribution in [2.24, 2.45) is 0 Å². The van der Waals surface area contributed by atoms with E-state index in [9.17, 15) is 0 Å². The zero-order valence-electron chi connectivity index (χ0n) is 10.4. The van der Waals surface area contributed by atoms with Gasteiger partial charge in [-0.2, -0.15) is 0 Å². The summed E-state index contributed by atoms with van der Waals surface area (Å²) >= 11 is 0. The van der Waals surface area contributed by atoms with Crippen LogP contribution in [-0.2, 0) is 6.42 Å². The second kappa shape index (κ2) is 5.77. The molecule has 1 aliphatic heterocycles. The van der Waals surface area contributed by atoms with E-state index >= 15 is 0 Å². The monoisotopic (exact) mass is 232 g/mol. The smallest absolute Gasteiger partial charge is 0.132 e. The Balaban J connectivity index is 2.14. The number of hydrogen-bond donors (Lipinski definition) is 1. The first-order chi connectivity index (χ1) is 8.29. The number of aryl methyl sites for hydroxylation is 2. The van der Waals surface area contributed by atoms with Gasteiger partial charge in [-0.05, 0) is 19.8 Å². The first-order valence-electron chi connectivity index (χ1n) is 6.20. The maximum absolute atomic E-state index is 4.53. The number of aromatic nitrogens is 2. The third-order valence-corrected chi connectivity index (χ3v) is 2.92. The normalized spacial score (nSPS) is 15.9. The third-order valence-electron chi connectivity index (χ3n) is 2.92. The van der Waals surface area contributed by atoms with E-state index in [0.29, 0.717) is 0 Å². The van der Waals surface area contributed by atoms with E-state index in [0.717, 1.165) is 56.4 Å². The van der Waals surface area contributed by atoms with Crippen LogP contribution in [0, 0.1) is 6.92 Å². The molecule has 0 radical (unpaired) electrons. The first kappa shape index (κ1) is 12.0. The summed E-state index contributed by atoms with van der Waals surface area (Å²) in [6.07, 6.45) is 3.85. The van der Waals surface area contributed by atoms with Gasteiger partial charge in [-0.1, -0.05) is 6.08 Å². The highest BCUT2D eigenvalue weighted by atomic mass is 15.2. The third kappa shape index (κ3) is 3.27. The Morgan fingerprint density at radius 1 is 1.41 bits per heavy atom. The lowest BCUT2D eigenvalue weighted by Gasteiger charge is -2.28. The molecule has 1 N–H and O–H groups in total. The Morgan fingerprint density at radius 3 is 2.88 bits per heavy atom. The first-order valence-corrected chi connectivity index (χ1v) is 6.20. The summed E-state index contributed by atoms with van der Waals surface area (Å²) in [6.45, 7) is 9.83. The van der Waals surface area contributed by atoms with Crippen LogP contribution >= 0.6 is 0 Å². The van der Waals surface area contributed by atoms with Crippen LogP contribution in [0.2, 0.25) is 0 Å². The summed E-state index contributed by atoms with van der Waals surface area (Å²) in [4.78, 5) is 11.3. The Hall–Kier alpha value is -1.42. The van der Waals surface area contributed by atoms with Crippen molar-refractivity contribution < 1.29 is 0 Å². The molecular weight excluding hydrogens is 212 g/mol. The van der Waals surface area contributed by atoms with Crippen molar-refractivity contribution in [3.05, 3.63) is 30.2 Å².